The molecule has 0 unspecified atom stereocenters. The van der Waals surface area contributed by atoms with Crippen LogP contribution >= 0.6 is 0 Å². The molecule has 5 nitrogen and oxygen atoms in total. The number of nitrogens with zero attached hydrogens (tertiary/aromatic N) is 2. The molecule has 0 amide bonds. The summed E-state index contributed by atoms with van der Waals surface area (Å²) in [5.41, 5.74) is 4.68. The predicted molar refractivity (Wildman–Crippen MR) is 114 cm³/mol. The number of rotatable bonds is 7. The molecule has 0 aliphatic heterocycles. The van der Waals surface area contributed by atoms with Gasteiger partial charge in [0.05, 0.1) is 5.69 Å². The van der Waals surface area contributed by atoms with Crippen LogP contribution in [0.1, 0.15) is 34.1 Å². The zero-order chi connectivity index (χ0) is 19.8. The average molecular weight is 377 g/mol. The van der Waals surface area contributed by atoms with Gasteiger partial charge in [-0.25, -0.2) is 0 Å². The minimum Gasteiger partial charge on any atom is -0.361 e. The third-order valence-electron chi connectivity index (χ3n) is 4.95. The Kier molecular flexibility index (Phi) is 6.84. The van der Waals surface area contributed by atoms with E-state index in [4.69, 9.17) is 4.52 Å². The molecule has 0 spiro atoms. The Morgan fingerprint density at radius 1 is 0.964 bits per heavy atom. The van der Waals surface area contributed by atoms with Gasteiger partial charge in [0.2, 0.25) is 0 Å². The normalized spacial score (nSPS) is 11.6. The summed E-state index contributed by atoms with van der Waals surface area (Å²) in [5, 5.41) is 10.9. The van der Waals surface area contributed by atoms with Crippen LogP contribution in [0.15, 0.2) is 70.2 Å². The van der Waals surface area contributed by atoms with Gasteiger partial charge in [-0.1, -0.05) is 65.8 Å². The smallest absolute Gasteiger partial charge is 0.191 e. The zero-order valence-electron chi connectivity index (χ0n) is 16.8. The molecule has 2 aromatic carbocycles. The molecule has 3 aromatic rings. The first-order valence-electron chi connectivity index (χ1n) is 9.65. The SMILES string of the molecule is CN=C(NCCc1c(C)noc1C)NCC(c1ccccc1)c1ccccc1. The van der Waals surface area contributed by atoms with Gasteiger partial charge in [-0.3, -0.25) is 4.99 Å². The van der Waals surface area contributed by atoms with Crippen LogP contribution in [0.5, 0.6) is 0 Å². The van der Waals surface area contributed by atoms with Crippen LogP contribution in [0, 0.1) is 13.8 Å². The predicted octanol–water partition coefficient (Wildman–Crippen LogP) is 3.83. The third-order valence-corrected chi connectivity index (χ3v) is 4.95. The topological polar surface area (TPSA) is 62.5 Å². The number of nitrogens with one attached hydrogen (secondary N) is 2. The maximum absolute atomic E-state index is 5.23. The van der Waals surface area contributed by atoms with Gasteiger partial charge in [0.1, 0.15) is 5.76 Å². The van der Waals surface area contributed by atoms with Crippen molar-refractivity contribution < 1.29 is 4.52 Å². The van der Waals surface area contributed by atoms with Gasteiger partial charge in [0.15, 0.2) is 5.96 Å². The van der Waals surface area contributed by atoms with Crippen LogP contribution in [0.4, 0.5) is 0 Å². The summed E-state index contributed by atoms with van der Waals surface area (Å²) in [6.45, 7) is 5.46. The summed E-state index contributed by atoms with van der Waals surface area (Å²) in [6, 6.07) is 21.1. The Hall–Kier alpha value is -3.08. The van der Waals surface area contributed by atoms with Crippen molar-refractivity contribution in [2.75, 3.05) is 20.1 Å². The first-order valence-corrected chi connectivity index (χ1v) is 9.65. The molecule has 1 heterocycles. The quantitative estimate of drug-likeness (QED) is 0.486. The molecule has 0 aliphatic carbocycles. The van der Waals surface area contributed by atoms with Crippen molar-refractivity contribution in [3.8, 4) is 0 Å². The molecule has 3 rings (SSSR count). The summed E-state index contributed by atoms with van der Waals surface area (Å²) in [6.07, 6.45) is 0.850. The standard InChI is InChI=1S/C23H28N4O/c1-17-21(18(2)28-27-17)14-15-25-23(24-3)26-16-22(19-10-6-4-7-11-19)20-12-8-5-9-13-20/h4-13,22H,14-16H2,1-3H3,(H2,24,25,26). The maximum atomic E-state index is 5.23. The number of hydrogen-bond donors (Lipinski definition) is 2. The molecule has 1 aromatic heterocycles. The van der Waals surface area contributed by atoms with E-state index >= 15 is 0 Å². The second kappa shape index (κ2) is 9.74. The minimum absolute atomic E-state index is 0.253. The summed E-state index contributed by atoms with van der Waals surface area (Å²) in [7, 11) is 1.80. The van der Waals surface area contributed by atoms with E-state index in [1.165, 1.54) is 11.1 Å². The molecule has 28 heavy (non-hydrogen) atoms. The largest absolute Gasteiger partial charge is 0.361 e. The number of aryl methyl sites for hydroxylation is 2. The molecule has 5 heteroatoms. The lowest BCUT2D eigenvalue weighted by Crippen LogP contribution is -2.40. The van der Waals surface area contributed by atoms with E-state index in [0.29, 0.717) is 0 Å². The summed E-state index contributed by atoms with van der Waals surface area (Å²) >= 11 is 0. The number of benzene rings is 2. The van der Waals surface area contributed by atoms with E-state index in [1.807, 2.05) is 26.0 Å². The van der Waals surface area contributed by atoms with E-state index in [9.17, 15) is 0 Å². The summed E-state index contributed by atoms with van der Waals surface area (Å²) in [5.74, 6) is 1.93. The first-order chi connectivity index (χ1) is 13.7. The van der Waals surface area contributed by atoms with E-state index in [0.717, 1.165) is 42.5 Å². The molecular weight excluding hydrogens is 348 g/mol. The summed E-state index contributed by atoms with van der Waals surface area (Å²) in [4.78, 5) is 4.37. The van der Waals surface area contributed by atoms with Crippen molar-refractivity contribution in [3.63, 3.8) is 0 Å². The molecule has 0 bridgehead atoms. The van der Waals surface area contributed by atoms with Crippen molar-refractivity contribution in [2.24, 2.45) is 4.99 Å². The van der Waals surface area contributed by atoms with Crippen LogP contribution in [-0.2, 0) is 6.42 Å². The molecule has 0 saturated heterocycles. The molecule has 0 aliphatic rings. The van der Waals surface area contributed by atoms with Crippen molar-refractivity contribution in [2.45, 2.75) is 26.2 Å². The Balaban J connectivity index is 1.61. The fourth-order valence-electron chi connectivity index (χ4n) is 3.38. The van der Waals surface area contributed by atoms with Gasteiger partial charge in [0, 0.05) is 31.6 Å². The second-order valence-electron chi connectivity index (χ2n) is 6.81. The van der Waals surface area contributed by atoms with Gasteiger partial charge in [-0.05, 0) is 31.4 Å². The number of hydrogen-bond acceptors (Lipinski definition) is 3. The van der Waals surface area contributed by atoms with Crippen LogP contribution < -0.4 is 10.6 Å². The lowest BCUT2D eigenvalue weighted by Gasteiger charge is -2.20. The molecule has 0 atom stereocenters. The first kappa shape index (κ1) is 19.7. The van der Waals surface area contributed by atoms with E-state index < -0.39 is 0 Å². The Labute approximate surface area is 166 Å². The van der Waals surface area contributed by atoms with E-state index in [-0.39, 0.29) is 5.92 Å². The highest BCUT2D eigenvalue weighted by molar-refractivity contribution is 5.79. The van der Waals surface area contributed by atoms with Crippen LogP contribution in [0.25, 0.3) is 0 Å². The highest BCUT2D eigenvalue weighted by atomic mass is 16.5. The molecule has 0 fully saturated rings. The minimum atomic E-state index is 0.253. The van der Waals surface area contributed by atoms with Crippen LogP contribution in [0.3, 0.4) is 0 Å². The van der Waals surface area contributed by atoms with Crippen molar-refractivity contribution in [1.29, 1.82) is 0 Å². The number of aliphatic imine (C=N–C) groups is 1. The molecule has 146 valence electrons. The second-order valence-corrected chi connectivity index (χ2v) is 6.81. The van der Waals surface area contributed by atoms with Crippen LogP contribution in [0.2, 0.25) is 0 Å². The number of guanidine groups is 1. The summed E-state index contributed by atoms with van der Waals surface area (Å²) < 4.78 is 5.23. The van der Waals surface area contributed by atoms with Gasteiger partial charge in [-0.2, -0.15) is 0 Å². The Morgan fingerprint density at radius 3 is 2.07 bits per heavy atom. The fraction of sp³-hybridized carbons (Fsp3) is 0.304. The highest BCUT2D eigenvalue weighted by Gasteiger charge is 2.14. The third kappa shape index (κ3) is 5.00. The van der Waals surface area contributed by atoms with E-state index in [2.05, 4.69) is 69.3 Å². The Bertz CT molecular complexity index is 828. The van der Waals surface area contributed by atoms with Crippen molar-refractivity contribution >= 4 is 5.96 Å². The lowest BCUT2D eigenvalue weighted by molar-refractivity contribution is 0.392. The van der Waals surface area contributed by atoms with Gasteiger partial charge >= 0.3 is 0 Å². The van der Waals surface area contributed by atoms with E-state index in [1.54, 1.807) is 7.05 Å². The Morgan fingerprint density at radius 2 is 1.57 bits per heavy atom. The van der Waals surface area contributed by atoms with Gasteiger partial charge in [0.25, 0.3) is 0 Å². The molecular formula is C23H28N4O. The maximum Gasteiger partial charge on any atom is 0.191 e. The zero-order valence-corrected chi connectivity index (χ0v) is 16.8. The number of aromatic nitrogens is 1. The van der Waals surface area contributed by atoms with Gasteiger partial charge < -0.3 is 15.2 Å². The monoisotopic (exact) mass is 376 g/mol. The van der Waals surface area contributed by atoms with Crippen LogP contribution in [-0.4, -0.2) is 31.3 Å². The fourth-order valence-corrected chi connectivity index (χ4v) is 3.38. The van der Waals surface area contributed by atoms with Crippen molar-refractivity contribution in [1.82, 2.24) is 15.8 Å². The molecule has 0 radical (unpaired) electrons. The molecule has 0 saturated carbocycles. The highest BCUT2D eigenvalue weighted by Crippen LogP contribution is 2.23. The van der Waals surface area contributed by atoms with Crippen molar-refractivity contribution in [3.05, 3.63) is 88.8 Å². The average Bonchev–Trinajstić information content (AvgIpc) is 3.06. The molecule has 2 N–H and O–H groups in total. The lowest BCUT2D eigenvalue weighted by atomic mass is 9.91. The van der Waals surface area contributed by atoms with Gasteiger partial charge in [-0.15, -0.1) is 0 Å².